The number of hydrogen-bond acceptors (Lipinski definition) is 3. The molecule has 1 heterocycles. The van der Waals surface area contributed by atoms with E-state index in [0.29, 0.717) is 12.5 Å². The van der Waals surface area contributed by atoms with Crippen molar-refractivity contribution in [1.82, 2.24) is 14.3 Å². The minimum Gasteiger partial charge on any atom is -0.315 e. The van der Waals surface area contributed by atoms with Gasteiger partial charge in [0.25, 0.3) is 10.2 Å². The number of rotatable bonds is 7. The predicted molar refractivity (Wildman–Crippen MR) is 81.7 cm³/mol. The van der Waals surface area contributed by atoms with Crippen LogP contribution in [0.3, 0.4) is 0 Å². The van der Waals surface area contributed by atoms with Gasteiger partial charge in [-0.05, 0) is 45.1 Å². The van der Waals surface area contributed by atoms with Crippen LogP contribution in [0.5, 0.6) is 0 Å². The van der Waals surface area contributed by atoms with Gasteiger partial charge in [-0.15, -0.1) is 0 Å². The summed E-state index contributed by atoms with van der Waals surface area (Å²) < 4.78 is 29.8. The first-order valence-corrected chi connectivity index (χ1v) is 9.48. The van der Waals surface area contributed by atoms with E-state index in [0.717, 1.165) is 45.2 Å². The van der Waals surface area contributed by atoms with Gasteiger partial charge in [-0.3, -0.25) is 0 Å². The smallest absolute Gasteiger partial charge is 0.279 e. The fraction of sp³-hybridized carbons (Fsp3) is 1.00. The highest BCUT2D eigenvalue weighted by Crippen LogP contribution is 2.30. The molecule has 0 amide bonds. The Kier molecular flexibility index (Phi) is 5.84. The Morgan fingerprint density at radius 3 is 2.55 bits per heavy atom. The van der Waals surface area contributed by atoms with Crippen molar-refractivity contribution in [1.29, 1.82) is 0 Å². The molecule has 5 nitrogen and oxygen atoms in total. The predicted octanol–water partition coefficient (Wildman–Crippen LogP) is 1.47. The maximum atomic E-state index is 12.6. The second-order valence-corrected chi connectivity index (χ2v) is 7.83. The molecule has 1 saturated heterocycles. The Labute approximate surface area is 123 Å². The molecule has 1 saturated carbocycles. The molecule has 1 aliphatic heterocycles. The lowest BCUT2D eigenvalue weighted by atomic mass is 9.81. The Bertz CT molecular complexity index is 395. The summed E-state index contributed by atoms with van der Waals surface area (Å²) in [6.45, 7) is 6.36. The quantitative estimate of drug-likeness (QED) is 0.749. The number of hydrogen-bond donors (Lipinski definition) is 2. The van der Waals surface area contributed by atoms with Gasteiger partial charge in [0.2, 0.25) is 0 Å². The molecule has 0 spiro atoms. The van der Waals surface area contributed by atoms with Crippen LogP contribution in [-0.2, 0) is 10.2 Å². The van der Waals surface area contributed by atoms with Crippen LogP contribution in [0.2, 0.25) is 0 Å². The molecule has 0 aromatic heterocycles. The fourth-order valence-electron chi connectivity index (χ4n) is 3.14. The average molecular weight is 303 g/mol. The number of nitrogens with one attached hydrogen (secondary N) is 2. The lowest BCUT2D eigenvalue weighted by Crippen LogP contribution is -2.55. The molecule has 2 fully saturated rings. The first-order chi connectivity index (χ1) is 9.54. The molecule has 2 aliphatic rings. The molecule has 118 valence electrons. The molecule has 2 rings (SSSR count). The van der Waals surface area contributed by atoms with Gasteiger partial charge in [-0.25, -0.2) is 0 Å². The summed E-state index contributed by atoms with van der Waals surface area (Å²) in [5, 5.41) is 3.28. The second-order valence-electron chi connectivity index (χ2n) is 6.17. The van der Waals surface area contributed by atoms with Crippen LogP contribution in [0.4, 0.5) is 0 Å². The van der Waals surface area contributed by atoms with E-state index in [2.05, 4.69) is 17.0 Å². The van der Waals surface area contributed by atoms with Gasteiger partial charge in [0.1, 0.15) is 0 Å². The van der Waals surface area contributed by atoms with Crippen molar-refractivity contribution in [2.24, 2.45) is 5.92 Å². The first-order valence-electron chi connectivity index (χ1n) is 8.04. The molecule has 20 heavy (non-hydrogen) atoms. The summed E-state index contributed by atoms with van der Waals surface area (Å²) >= 11 is 0. The van der Waals surface area contributed by atoms with Crippen LogP contribution in [0.25, 0.3) is 0 Å². The fourth-order valence-corrected chi connectivity index (χ4v) is 4.88. The van der Waals surface area contributed by atoms with Crippen LogP contribution in [-0.4, -0.2) is 44.4 Å². The number of likely N-dealkylation sites (N-methyl/N-ethyl adjacent to an activating group) is 1. The van der Waals surface area contributed by atoms with Gasteiger partial charge in [-0.2, -0.15) is 17.4 Å². The molecule has 1 aliphatic carbocycles. The summed E-state index contributed by atoms with van der Waals surface area (Å²) in [6, 6.07) is 0.172. The summed E-state index contributed by atoms with van der Waals surface area (Å²) in [4.78, 5) is 0. The molecular formula is C14H29N3O2S. The van der Waals surface area contributed by atoms with Crippen molar-refractivity contribution < 1.29 is 8.42 Å². The van der Waals surface area contributed by atoms with E-state index in [-0.39, 0.29) is 12.1 Å². The zero-order valence-corrected chi connectivity index (χ0v) is 13.6. The van der Waals surface area contributed by atoms with E-state index in [4.69, 9.17) is 0 Å². The van der Waals surface area contributed by atoms with Gasteiger partial charge in [0, 0.05) is 25.2 Å². The Hall–Kier alpha value is -0.170. The van der Waals surface area contributed by atoms with Gasteiger partial charge >= 0.3 is 0 Å². The lowest BCUT2D eigenvalue weighted by molar-refractivity contribution is 0.229. The highest BCUT2D eigenvalue weighted by molar-refractivity contribution is 7.87. The highest BCUT2D eigenvalue weighted by atomic mass is 32.2. The third-order valence-corrected chi connectivity index (χ3v) is 6.47. The van der Waals surface area contributed by atoms with Crippen molar-refractivity contribution in [2.75, 3.05) is 19.6 Å². The van der Waals surface area contributed by atoms with Crippen molar-refractivity contribution >= 4 is 10.2 Å². The Morgan fingerprint density at radius 1 is 1.20 bits per heavy atom. The van der Waals surface area contributed by atoms with Gasteiger partial charge in [-0.1, -0.05) is 19.8 Å². The van der Waals surface area contributed by atoms with E-state index in [9.17, 15) is 8.42 Å². The monoisotopic (exact) mass is 303 g/mol. The largest absolute Gasteiger partial charge is 0.315 e. The summed E-state index contributed by atoms with van der Waals surface area (Å²) in [7, 11) is -3.34. The van der Waals surface area contributed by atoms with Crippen molar-refractivity contribution in [3.05, 3.63) is 0 Å². The van der Waals surface area contributed by atoms with Crippen LogP contribution in [0, 0.1) is 5.92 Å². The summed E-state index contributed by atoms with van der Waals surface area (Å²) in [5.74, 6) is 0.529. The van der Waals surface area contributed by atoms with E-state index in [1.54, 1.807) is 4.31 Å². The topological polar surface area (TPSA) is 61.4 Å². The third-order valence-electron chi connectivity index (χ3n) is 4.70. The summed E-state index contributed by atoms with van der Waals surface area (Å²) in [5.41, 5.74) is 0. The van der Waals surface area contributed by atoms with Gasteiger partial charge in [0.15, 0.2) is 0 Å². The minimum atomic E-state index is -3.34. The van der Waals surface area contributed by atoms with Crippen molar-refractivity contribution in [2.45, 2.75) is 64.5 Å². The molecule has 0 aromatic rings. The highest BCUT2D eigenvalue weighted by Gasteiger charge is 2.35. The van der Waals surface area contributed by atoms with Crippen LogP contribution in [0.15, 0.2) is 0 Å². The number of nitrogens with zero attached hydrogens (tertiary/aromatic N) is 1. The summed E-state index contributed by atoms with van der Waals surface area (Å²) in [6.07, 6.45) is 6.62. The molecule has 0 bridgehead atoms. The lowest BCUT2D eigenvalue weighted by Gasteiger charge is -2.38. The third kappa shape index (κ3) is 3.93. The second kappa shape index (κ2) is 7.20. The number of piperidine rings is 1. The molecular weight excluding hydrogens is 274 g/mol. The molecule has 6 heteroatoms. The van der Waals surface area contributed by atoms with E-state index < -0.39 is 10.2 Å². The zero-order valence-electron chi connectivity index (χ0n) is 12.8. The molecule has 0 aromatic carbocycles. The van der Waals surface area contributed by atoms with Gasteiger partial charge in [0.05, 0.1) is 0 Å². The SMILES string of the molecule is CCNCC1CCCCN1S(=O)(=O)NC(C)C1CCC1. The van der Waals surface area contributed by atoms with Crippen molar-refractivity contribution in [3.8, 4) is 0 Å². The molecule has 2 atom stereocenters. The van der Waals surface area contributed by atoms with E-state index in [1.807, 2.05) is 6.92 Å². The molecule has 2 N–H and O–H groups in total. The molecule has 2 unspecified atom stereocenters. The maximum Gasteiger partial charge on any atom is 0.279 e. The Morgan fingerprint density at radius 2 is 1.95 bits per heavy atom. The standard InChI is InChI=1S/C14H29N3O2S/c1-3-15-11-14-9-4-5-10-17(14)20(18,19)16-12(2)13-7-6-8-13/h12-16H,3-11H2,1-2H3. The van der Waals surface area contributed by atoms with Gasteiger partial charge < -0.3 is 5.32 Å². The zero-order chi connectivity index (χ0) is 14.6. The average Bonchev–Trinajstić information content (AvgIpc) is 2.33. The van der Waals surface area contributed by atoms with Crippen LogP contribution in [0.1, 0.15) is 52.4 Å². The Balaban J connectivity index is 1.97. The first kappa shape index (κ1) is 16.2. The minimum absolute atomic E-state index is 0.0652. The molecule has 0 radical (unpaired) electrons. The van der Waals surface area contributed by atoms with E-state index in [1.165, 1.54) is 6.42 Å². The maximum absolute atomic E-state index is 12.6. The van der Waals surface area contributed by atoms with Crippen LogP contribution >= 0.6 is 0 Å². The van der Waals surface area contributed by atoms with Crippen molar-refractivity contribution in [3.63, 3.8) is 0 Å². The van der Waals surface area contributed by atoms with E-state index >= 15 is 0 Å². The normalized spacial score (nSPS) is 27.2. The van der Waals surface area contributed by atoms with Crippen LogP contribution < -0.4 is 10.0 Å².